The van der Waals surface area contributed by atoms with Crippen LogP contribution in [-0.4, -0.2) is 29.4 Å². The number of hydrogen-bond acceptors (Lipinski definition) is 2. The van der Waals surface area contributed by atoms with E-state index in [1.165, 1.54) is 19.2 Å². The number of benzene rings is 1. The standard InChI is InChI=1S/C11H11F3N2OS/c1-16(6-9(15)18)10(17)7-4-2-3-5-8(7)11(12,13)14/h2-5H,6H2,1H3,(H2,15,18). The lowest BCUT2D eigenvalue weighted by Crippen LogP contribution is -2.35. The predicted octanol–water partition coefficient (Wildman–Crippen LogP) is 2.06. The molecule has 1 amide bonds. The van der Waals surface area contributed by atoms with E-state index in [2.05, 4.69) is 12.2 Å². The molecule has 0 bridgehead atoms. The van der Waals surface area contributed by atoms with E-state index in [0.29, 0.717) is 0 Å². The lowest BCUT2D eigenvalue weighted by molar-refractivity contribution is -0.138. The van der Waals surface area contributed by atoms with Gasteiger partial charge in [-0.2, -0.15) is 13.2 Å². The molecular formula is C11H11F3N2OS. The maximum absolute atomic E-state index is 12.7. The van der Waals surface area contributed by atoms with Crippen molar-refractivity contribution in [3.05, 3.63) is 35.4 Å². The van der Waals surface area contributed by atoms with Gasteiger partial charge in [-0.05, 0) is 12.1 Å². The molecule has 0 saturated heterocycles. The van der Waals surface area contributed by atoms with Crippen LogP contribution >= 0.6 is 12.2 Å². The maximum atomic E-state index is 12.7. The summed E-state index contributed by atoms with van der Waals surface area (Å²) in [6, 6.07) is 4.59. The van der Waals surface area contributed by atoms with Crippen LogP contribution in [0.4, 0.5) is 13.2 Å². The van der Waals surface area contributed by atoms with E-state index in [9.17, 15) is 18.0 Å². The Morgan fingerprint density at radius 1 is 1.39 bits per heavy atom. The van der Waals surface area contributed by atoms with Gasteiger partial charge in [0.15, 0.2) is 0 Å². The number of nitrogens with zero attached hydrogens (tertiary/aromatic N) is 1. The largest absolute Gasteiger partial charge is 0.417 e. The number of amides is 1. The zero-order valence-corrected chi connectivity index (χ0v) is 10.3. The van der Waals surface area contributed by atoms with Crippen molar-refractivity contribution < 1.29 is 18.0 Å². The fraction of sp³-hybridized carbons (Fsp3) is 0.273. The quantitative estimate of drug-likeness (QED) is 0.860. The van der Waals surface area contributed by atoms with E-state index in [0.717, 1.165) is 17.0 Å². The first-order valence-corrected chi connectivity index (χ1v) is 5.34. The van der Waals surface area contributed by atoms with Crippen LogP contribution in [0.1, 0.15) is 15.9 Å². The third kappa shape index (κ3) is 3.43. The molecule has 0 aliphatic carbocycles. The molecule has 0 fully saturated rings. The second-order valence-corrected chi connectivity index (χ2v) is 4.20. The molecule has 7 heteroatoms. The molecule has 0 radical (unpaired) electrons. The zero-order valence-electron chi connectivity index (χ0n) is 9.49. The van der Waals surface area contributed by atoms with Gasteiger partial charge < -0.3 is 10.6 Å². The maximum Gasteiger partial charge on any atom is 0.417 e. The minimum absolute atomic E-state index is 0.0374. The molecule has 0 atom stereocenters. The van der Waals surface area contributed by atoms with Gasteiger partial charge in [-0.1, -0.05) is 24.4 Å². The van der Waals surface area contributed by atoms with Gasteiger partial charge in [0.05, 0.1) is 22.7 Å². The smallest absolute Gasteiger partial charge is 0.392 e. The SMILES string of the molecule is CN(CC(N)=S)C(=O)c1ccccc1C(F)(F)F. The molecule has 18 heavy (non-hydrogen) atoms. The Morgan fingerprint density at radius 3 is 2.44 bits per heavy atom. The summed E-state index contributed by atoms with van der Waals surface area (Å²) in [5.41, 5.74) is 3.87. The molecule has 0 saturated carbocycles. The number of rotatable bonds is 3. The Morgan fingerprint density at radius 2 is 1.94 bits per heavy atom. The summed E-state index contributed by atoms with van der Waals surface area (Å²) < 4.78 is 38.1. The number of likely N-dealkylation sites (N-methyl/N-ethyl adjacent to an activating group) is 1. The minimum atomic E-state index is -4.57. The van der Waals surface area contributed by atoms with Crippen molar-refractivity contribution in [1.82, 2.24) is 4.90 Å². The number of thiocarbonyl (C=S) groups is 1. The van der Waals surface area contributed by atoms with Crippen molar-refractivity contribution in [2.75, 3.05) is 13.6 Å². The topological polar surface area (TPSA) is 46.3 Å². The van der Waals surface area contributed by atoms with E-state index < -0.39 is 23.2 Å². The monoisotopic (exact) mass is 276 g/mol. The number of halogens is 3. The average molecular weight is 276 g/mol. The van der Waals surface area contributed by atoms with Gasteiger partial charge in [0, 0.05) is 7.05 Å². The summed E-state index contributed by atoms with van der Waals surface area (Å²) in [7, 11) is 1.34. The summed E-state index contributed by atoms with van der Waals surface area (Å²) in [6.07, 6.45) is -4.57. The molecule has 0 aliphatic heterocycles. The fourth-order valence-corrected chi connectivity index (χ4v) is 1.62. The Bertz CT molecular complexity index is 474. The van der Waals surface area contributed by atoms with Crippen LogP contribution in [0.3, 0.4) is 0 Å². The van der Waals surface area contributed by atoms with Crippen LogP contribution in [-0.2, 0) is 6.18 Å². The Labute approximate surface area is 107 Å². The van der Waals surface area contributed by atoms with E-state index in [4.69, 9.17) is 5.73 Å². The highest BCUT2D eigenvalue weighted by Gasteiger charge is 2.35. The molecule has 0 aromatic heterocycles. The molecule has 0 aliphatic rings. The molecular weight excluding hydrogens is 265 g/mol. The highest BCUT2D eigenvalue weighted by molar-refractivity contribution is 7.80. The molecule has 3 nitrogen and oxygen atoms in total. The molecule has 98 valence electrons. The molecule has 0 unspecified atom stereocenters. The Hall–Kier alpha value is -1.63. The Balaban J connectivity index is 3.10. The van der Waals surface area contributed by atoms with Crippen molar-refractivity contribution >= 4 is 23.1 Å². The summed E-state index contributed by atoms with van der Waals surface area (Å²) in [6.45, 7) is -0.0691. The number of carbonyl (C=O) groups excluding carboxylic acids is 1. The van der Waals surface area contributed by atoms with E-state index >= 15 is 0 Å². The van der Waals surface area contributed by atoms with Gasteiger partial charge in [0.1, 0.15) is 0 Å². The number of hydrogen-bond donors (Lipinski definition) is 1. The normalized spacial score (nSPS) is 11.1. The van der Waals surface area contributed by atoms with E-state index in [-0.39, 0.29) is 11.5 Å². The predicted molar refractivity (Wildman–Crippen MR) is 65.2 cm³/mol. The molecule has 1 rings (SSSR count). The molecule has 1 aromatic rings. The lowest BCUT2D eigenvalue weighted by Gasteiger charge is -2.19. The van der Waals surface area contributed by atoms with E-state index in [1.807, 2.05) is 0 Å². The summed E-state index contributed by atoms with van der Waals surface area (Å²) in [5, 5.41) is 0. The van der Waals surface area contributed by atoms with Gasteiger partial charge in [0.2, 0.25) is 0 Å². The zero-order chi connectivity index (χ0) is 13.9. The molecule has 2 N–H and O–H groups in total. The van der Waals surface area contributed by atoms with Crippen LogP contribution in [0, 0.1) is 0 Å². The summed E-state index contributed by atoms with van der Waals surface area (Å²) in [4.78, 5) is 12.9. The number of nitrogens with two attached hydrogens (primary N) is 1. The van der Waals surface area contributed by atoms with E-state index in [1.54, 1.807) is 0 Å². The molecule has 1 aromatic carbocycles. The van der Waals surface area contributed by atoms with Crippen molar-refractivity contribution in [2.24, 2.45) is 5.73 Å². The Kier molecular flexibility index (Phi) is 4.28. The van der Waals surface area contributed by atoms with Crippen LogP contribution in [0.2, 0.25) is 0 Å². The molecule has 0 heterocycles. The fourth-order valence-electron chi connectivity index (χ4n) is 1.43. The van der Waals surface area contributed by atoms with Crippen LogP contribution in [0.15, 0.2) is 24.3 Å². The number of alkyl halides is 3. The number of carbonyl (C=O) groups is 1. The average Bonchev–Trinajstić information content (AvgIpc) is 2.26. The van der Waals surface area contributed by atoms with Crippen LogP contribution in [0.25, 0.3) is 0 Å². The minimum Gasteiger partial charge on any atom is -0.392 e. The van der Waals surface area contributed by atoms with Gasteiger partial charge in [-0.15, -0.1) is 0 Å². The lowest BCUT2D eigenvalue weighted by atomic mass is 10.1. The highest BCUT2D eigenvalue weighted by Crippen LogP contribution is 2.32. The second kappa shape index (κ2) is 5.34. The molecule has 0 spiro atoms. The van der Waals surface area contributed by atoms with Gasteiger partial charge >= 0.3 is 6.18 Å². The van der Waals surface area contributed by atoms with Crippen molar-refractivity contribution in [1.29, 1.82) is 0 Å². The van der Waals surface area contributed by atoms with Gasteiger partial charge in [0.25, 0.3) is 5.91 Å². The highest BCUT2D eigenvalue weighted by atomic mass is 32.1. The first-order chi connectivity index (χ1) is 8.23. The third-order valence-corrected chi connectivity index (χ3v) is 2.33. The first-order valence-electron chi connectivity index (χ1n) is 4.93. The van der Waals surface area contributed by atoms with Crippen molar-refractivity contribution in [3.63, 3.8) is 0 Å². The van der Waals surface area contributed by atoms with Gasteiger partial charge in [-0.25, -0.2) is 0 Å². The third-order valence-electron chi connectivity index (χ3n) is 2.20. The van der Waals surface area contributed by atoms with Crippen LogP contribution < -0.4 is 5.73 Å². The summed E-state index contributed by atoms with van der Waals surface area (Å²) >= 11 is 4.61. The summed E-state index contributed by atoms with van der Waals surface area (Å²) in [5.74, 6) is -0.768. The van der Waals surface area contributed by atoms with Crippen molar-refractivity contribution in [2.45, 2.75) is 6.18 Å². The first kappa shape index (κ1) is 14.4. The van der Waals surface area contributed by atoms with Crippen molar-refractivity contribution in [3.8, 4) is 0 Å². The van der Waals surface area contributed by atoms with Crippen LogP contribution in [0.5, 0.6) is 0 Å². The second-order valence-electron chi connectivity index (χ2n) is 3.67. The van der Waals surface area contributed by atoms with Gasteiger partial charge in [-0.3, -0.25) is 4.79 Å².